The second-order valence-electron chi connectivity index (χ2n) is 6.25. The molecule has 0 aromatic heterocycles. The summed E-state index contributed by atoms with van der Waals surface area (Å²) in [6, 6.07) is 17.7. The number of ether oxygens (including phenoxy) is 1. The van der Waals surface area contributed by atoms with Crippen molar-refractivity contribution in [3.8, 4) is 5.75 Å². The Labute approximate surface area is 154 Å². The van der Waals surface area contributed by atoms with Crippen LogP contribution in [-0.2, 0) is 4.79 Å². The van der Waals surface area contributed by atoms with Gasteiger partial charge in [-0.1, -0.05) is 55.3 Å². The molecule has 1 aliphatic rings. The van der Waals surface area contributed by atoms with Crippen LogP contribution in [0.4, 0.5) is 5.69 Å². The van der Waals surface area contributed by atoms with Crippen molar-refractivity contribution in [1.29, 1.82) is 0 Å². The zero-order valence-corrected chi connectivity index (χ0v) is 15.4. The SMILES string of the molecule is CCOc1ccccc1NC(=O)[C@@H](SC1CCCC1)c1ccccc1. The van der Waals surface area contributed by atoms with Gasteiger partial charge >= 0.3 is 0 Å². The molecule has 0 saturated heterocycles. The number of nitrogens with one attached hydrogen (secondary N) is 1. The van der Waals surface area contributed by atoms with Crippen molar-refractivity contribution in [2.45, 2.75) is 43.1 Å². The van der Waals surface area contributed by atoms with Gasteiger partial charge in [0.05, 0.1) is 12.3 Å². The number of para-hydroxylation sites is 2. The number of amides is 1. The molecule has 0 radical (unpaired) electrons. The van der Waals surface area contributed by atoms with Crippen molar-refractivity contribution < 1.29 is 9.53 Å². The maximum atomic E-state index is 13.1. The molecule has 2 aromatic carbocycles. The molecule has 0 bridgehead atoms. The molecule has 1 N–H and O–H groups in total. The van der Waals surface area contributed by atoms with E-state index in [4.69, 9.17) is 4.74 Å². The number of rotatable bonds is 7. The second-order valence-corrected chi connectivity index (χ2v) is 7.66. The fourth-order valence-electron chi connectivity index (χ4n) is 3.19. The Hall–Kier alpha value is -1.94. The van der Waals surface area contributed by atoms with Crippen LogP contribution in [0, 0.1) is 0 Å². The van der Waals surface area contributed by atoms with Crippen LogP contribution in [0.5, 0.6) is 5.75 Å². The Kier molecular flexibility index (Phi) is 6.40. The molecule has 3 nitrogen and oxygen atoms in total. The number of hydrogen-bond donors (Lipinski definition) is 1. The van der Waals surface area contributed by atoms with Gasteiger partial charge in [0, 0.05) is 5.25 Å². The van der Waals surface area contributed by atoms with Crippen molar-refractivity contribution in [3.63, 3.8) is 0 Å². The van der Waals surface area contributed by atoms with Gasteiger partial charge in [0.2, 0.25) is 5.91 Å². The normalized spacial score (nSPS) is 15.7. The molecule has 2 aromatic rings. The highest BCUT2D eigenvalue weighted by atomic mass is 32.2. The van der Waals surface area contributed by atoms with Crippen LogP contribution in [0.25, 0.3) is 0 Å². The van der Waals surface area contributed by atoms with Crippen LogP contribution >= 0.6 is 11.8 Å². The van der Waals surface area contributed by atoms with Gasteiger partial charge in [-0.15, -0.1) is 11.8 Å². The van der Waals surface area contributed by atoms with E-state index in [-0.39, 0.29) is 11.2 Å². The monoisotopic (exact) mass is 355 g/mol. The maximum absolute atomic E-state index is 13.1. The van der Waals surface area contributed by atoms with E-state index in [1.165, 1.54) is 25.7 Å². The number of carbonyl (C=O) groups excluding carboxylic acids is 1. The first-order valence-corrected chi connectivity index (χ1v) is 9.95. The van der Waals surface area contributed by atoms with Crippen molar-refractivity contribution >= 4 is 23.4 Å². The summed E-state index contributed by atoms with van der Waals surface area (Å²) in [4.78, 5) is 13.1. The first kappa shape index (κ1) is 17.9. The molecular formula is C21H25NO2S. The third-order valence-electron chi connectivity index (χ3n) is 4.42. The van der Waals surface area contributed by atoms with Crippen LogP contribution in [0.1, 0.15) is 43.4 Å². The Morgan fingerprint density at radius 3 is 2.52 bits per heavy atom. The molecule has 3 rings (SSSR count). The topological polar surface area (TPSA) is 38.3 Å². The minimum atomic E-state index is -0.195. The van der Waals surface area contributed by atoms with E-state index in [1.807, 2.05) is 61.5 Å². The molecule has 4 heteroatoms. The summed E-state index contributed by atoms with van der Waals surface area (Å²) in [6.07, 6.45) is 4.95. The van der Waals surface area contributed by atoms with Gasteiger partial charge in [-0.3, -0.25) is 4.79 Å². The maximum Gasteiger partial charge on any atom is 0.242 e. The van der Waals surface area contributed by atoms with Gasteiger partial charge in [-0.25, -0.2) is 0 Å². The van der Waals surface area contributed by atoms with Crippen molar-refractivity contribution in [1.82, 2.24) is 0 Å². The van der Waals surface area contributed by atoms with E-state index in [2.05, 4.69) is 5.32 Å². The van der Waals surface area contributed by atoms with Crippen LogP contribution in [0.2, 0.25) is 0 Å². The lowest BCUT2D eigenvalue weighted by Gasteiger charge is -2.21. The quantitative estimate of drug-likeness (QED) is 0.718. The molecule has 1 fully saturated rings. The highest BCUT2D eigenvalue weighted by molar-refractivity contribution is 8.00. The van der Waals surface area contributed by atoms with Crippen LogP contribution in [-0.4, -0.2) is 17.8 Å². The minimum Gasteiger partial charge on any atom is -0.492 e. The summed E-state index contributed by atoms with van der Waals surface area (Å²) in [6.45, 7) is 2.52. The van der Waals surface area contributed by atoms with Crippen molar-refractivity contribution in [2.24, 2.45) is 0 Å². The Balaban J connectivity index is 1.79. The lowest BCUT2D eigenvalue weighted by Crippen LogP contribution is -2.21. The fraction of sp³-hybridized carbons (Fsp3) is 0.381. The van der Waals surface area contributed by atoms with Crippen molar-refractivity contribution in [2.75, 3.05) is 11.9 Å². The third-order valence-corrected chi connectivity index (χ3v) is 6.03. The van der Waals surface area contributed by atoms with E-state index in [9.17, 15) is 4.79 Å². The zero-order valence-electron chi connectivity index (χ0n) is 14.6. The van der Waals surface area contributed by atoms with E-state index in [0.29, 0.717) is 11.9 Å². The molecule has 0 spiro atoms. The summed E-state index contributed by atoms with van der Waals surface area (Å²) in [7, 11) is 0. The van der Waals surface area contributed by atoms with E-state index in [1.54, 1.807) is 11.8 Å². The first-order chi connectivity index (χ1) is 12.3. The van der Waals surface area contributed by atoms with Crippen molar-refractivity contribution in [3.05, 3.63) is 60.2 Å². The van der Waals surface area contributed by atoms with Gasteiger partial charge < -0.3 is 10.1 Å². The average Bonchev–Trinajstić information content (AvgIpc) is 3.15. The summed E-state index contributed by atoms with van der Waals surface area (Å²) >= 11 is 1.80. The lowest BCUT2D eigenvalue weighted by molar-refractivity contribution is -0.115. The number of hydrogen-bond acceptors (Lipinski definition) is 3. The summed E-state index contributed by atoms with van der Waals surface area (Å²) in [5.41, 5.74) is 1.80. The number of benzene rings is 2. The molecule has 0 aliphatic heterocycles. The summed E-state index contributed by atoms with van der Waals surface area (Å²) in [5.74, 6) is 0.742. The van der Waals surface area contributed by atoms with E-state index < -0.39 is 0 Å². The molecule has 1 saturated carbocycles. The number of carbonyl (C=O) groups is 1. The lowest BCUT2D eigenvalue weighted by atomic mass is 10.1. The van der Waals surface area contributed by atoms with E-state index >= 15 is 0 Å². The summed E-state index contributed by atoms with van der Waals surface area (Å²) < 4.78 is 5.64. The number of anilines is 1. The minimum absolute atomic E-state index is 0.0234. The van der Waals surface area contributed by atoms with Crippen LogP contribution in [0.15, 0.2) is 54.6 Å². The summed E-state index contributed by atoms with van der Waals surface area (Å²) in [5, 5.41) is 3.46. The molecular weight excluding hydrogens is 330 g/mol. The molecule has 0 unspecified atom stereocenters. The predicted molar refractivity (Wildman–Crippen MR) is 105 cm³/mol. The van der Waals surface area contributed by atoms with Gasteiger partial charge in [-0.05, 0) is 37.5 Å². The predicted octanol–water partition coefficient (Wildman–Crippen LogP) is 5.44. The standard InChI is InChI=1S/C21H25NO2S/c1-2-24-19-15-9-8-14-18(19)22-21(23)20(16-10-4-3-5-11-16)25-17-12-6-7-13-17/h3-5,8-11,14-15,17,20H,2,6-7,12-13H2,1H3,(H,22,23)/t20-/m0/s1. The number of thioether (sulfide) groups is 1. The van der Waals surface area contributed by atoms with Gasteiger partial charge in [0.15, 0.2) is 0 Å². The first-order valence-electron chi connectivity index (χ1n) is 9.01. The highest BCUT2D eigenvalue weighted by Gasteiger charge is 2.27. The molecule has 1 atom stereocenters. The second kappa shape index (κ2) is 8.95. The fourth-order valence-corrected chi connectivity index (χ4v) is 4.67. The van der Waals surface area contributed by atoms with Gasteiger partial charge in [-0.2, -0.15) is 0 Å². The van der Waals surface area contributed by atoms with Crippen LogP contribution in [0.3, 0.4) is 0 Å². The smallest absolute Gasteiger partial charge is 0.242 e. The molecule has 0 heterocycles. The highest BCUT2D eigenvalue weighted by Crippen LogP contribution is 2.40. The van der Waals surface area contributed by atoms with Gasteiger partial charge in [0.25, 0.3) is 0 Å². The Morgan fingerprint density at radius 2 is 1.80 bits per heavy atom. The largest absolute Gasteiger partial charge is 0.492 e. The van der Waals surface area contributed by atoms with Gasteiger partial charge in [0.1, 0.15) is 11.0 Å². The Bertz CT molecular complexity index is 683. The molecule has 132 valence electrons. The Morgan fingerprint density at radius 1 is 1.12 bits per heavy atom. The average molecular weight is 356 g/mol. The molecule has 1 aliphatic carbocycles. The van der Waals surface area contributed by atoms with E-state index in [0.717, 1.165) is 17.0 Å². The van der Waals surface area contributed by atoms with Crippen LogP contribution < -0.4 is 10.1 Å². The molecule has 1 amide bonds. The zero-order chi connectivity index (χ0) is 17.5. The molecule has 25 heavy (non-hydrogen) atoms. The third kappa shape index (κ3) is 4.79.